The number of benzene rings is 3. The molecule has 0 amide bonds. The van der Waals surface area contributed by atoms with E-state index >= 15 is 0 Å². The molecule has 0 N–H and O–H groups in total. The number of nitrogens with zero attached hydrogens (tertiary/aromatic N) is 3. The Morgan fingerprint density at radius 2 is 1.69 bits per heavy atom. The summed E-state index contributed by atoms with van der Waals surface area (Å²) in [6.45, 7) is 2.56. The Bertz CT molecular complexity index is 1190. The Hall–Kier alpha value is -3.09. The van der Waals surface area contributed by atoms with Crippen LogP contribution in [0.4, 0.5) is 0 Å². The topological polar surface area (TPSA) is 57.0 Å². The van der Waals surface area contributed by atoms with Crippen LogP contribution in [0.15, 0.2) is 84.0 Å². The number of hydrogen-bond acceptors (Lipinski definition) is 5. The van der Waals surface area contributed by atoms with Gasteiger partial charge >= 0.3 is 0 Å². The van der Waals surface area contributed by atoms with Crippen molar-refractivity contribution < 1.29 is 9.53 Å². The van der Waals surface area contributed by atoms with Crippen LogP contribution in [0.3, 0.4) is 0 Å². The molecule has 0 atom stereocenters. The molecule has 0 spiro atoms. The predicted molar refractivity (Wildman–Crippen MR) is 128 cm³/mol. The fraction of sp³-hybridized carbons (Fsp3) is 0.160. The molecule has 0 unspecified atom stereocenters. The number of Topliss-reactive ketones (excluding diaryl/α,β-unsaturated/α-hetero) is 1. The Balaban J connectivity index is 1.62. The molecule has 0 bridgehead atoms. The molecule has 162 valence electrons. The fourth-order valence-corrected chi connectivity index (χ4v) is 4.39. The summed E-state index contributed by atoms with van der Waals surface area (Å²) < 4.78 is 7.56. The minimum absolute atomic E-state index is 0.0496. The van der Waals surface area contributed by atoms with E-state index in [-0.39, 0.29) is 11.5 Å². The van der Waals surface area contributed by atoms with Gasteiger partial charge in [-0.2, -0.15) is 0 Å². The third-order valence-corrected chi connectivity index (χ3v) is 6.08. The molecule has 4 aromatic rings. The minimum Gasteiger partial charge on any atom is -0.494 e. The molecule has 32 heavy (non-hydrogen) atoms. The summed E-state index contributed by atoms with van der Waals surface area (Å²) in [7, 11) is 0. The van der Waals surface area contributed by atoms with Crippen molar-refractivity contribution in [1.29, 1.82) is 0 Å². The number of carbonyl (C=O) groups excluding carboxylic acids is 1. The molecule has 1 aromatic heterocycles. The lowest BCUT2D eigenvalue weighted by Crippen LogP contribution is -2.07. The van der Waals surface area contributed by atoms with Crippen LogP contribution in [0.1, 0.15) is 28.7 Å². The van der Waals surface area contributed by atoms with Crippen molar-refractivity contribution in [3.63, 3.8) is 0 Å². The van der Waals surface area contributed by atoms with Gasteiger partial charge in [-0.05, 0) is 48.9 Å². The quantitative estimate of drug-likeness (QED) is 0.229. The maximum atomic E-state index is 12.7. The van der Waals surface area contributed by atoms with E-state index in [4.69, 9.17) is 16.3 Å². The molecular formula is C25H22ClN3O2S. The summed E-state index contributed by atoms with van der Waals surface area (Å²) in [6, 6.07) is 25.0. The largest absolute Gasteiger partial charge is 0.494 e. The van der Waals surface area contributed by atoms with Gasteiger partial charge in [-0.15, -0.1) is 10.2 Å². The van der Waals surface area contributed by atoms with Gasteiger partial charge in [0, 0.05) is 17.7 Å². The van der Waals surface area contributed by atoms with Crippen molar-refractivity contribution in [2.75, 3.05) is 12.4 Å². The normalized spacial score (nSPS) is 10.8. The van der Waals surface area contributed by atoms with E-state index in [2.05, 4.69) is 22.3 Å². The summed E-state index contributed by atoms with van der Waals surface area (Å²) in [5, 5.41) is 9.94. The average Bonchev–Trinajstić information content (AvgIpc) is 3.21. The highest BCUT2D eigenvalue weighted by atomic mass is 35.5. The summed E-state index contributed by atoms with van der Waals surface area (Å²) in [5.41, 5.74) is 2.56. The van der Waals surface area contributed by atoms with Crippen molar-refractivity contribution in [3.05, 3.63) is 101 Å². The van der Waals surface area contributed by atoms with Crippen LogP contribution >= 0.6 is 23.4 Å². The lowest BCUT2D eigenvalue weighted by Gasteiger charge is -2.11. The van der Waals surface area contributed by atoms with Crippen molar-refractivity contribution in [2.24, 2.45) is 0 Å². The molecular weight excluding hydrogens is 442 g/mol. The summed E-state index contributed by atoms with van der Waals surface area (Å²) in [6.07, 6.45) is 0.625. The van der Waals surface area contributed by atoms with Crippen LogP contribution in [0.2, 0.25) is 5.02 Å². The van der Waals surface area contributed by atoms with E-state index in [9.17, 15) is 4.79 Å². The van der Waals surface area contributed by atoms with Crippen molar-refractivity contribution in [2.45, 2.75) is 18.5 Å². The first kappa shape index (κ1) is 22.1. The molecule has 0 saturated carbocycles. The van der Waals surface area contributed by atoms with E-state index in [0.29, 0.717) is 28.8 Å². The van der Waals surface area contributed by atoms with Gasteiger partial charge in [0.25, 0.3) is 0 Å². The Kier molecular flexibility index (Phi) is 7.24. The van der Waals surface area contributed by atoms with Crippen molar-refractivity contribution >= 4 is 29.1 Å². The van der Waals surface area contributed by atoms with E-state index in [1.807, 2.05) is 66.1 Å². The monoisotopic (exact) mass is 463 g/mol. The highest BCUT2D eigenvalue weighted by Gasteiger charge is 2.18. The molecule has 5 nitrogen and oxygen atoms in total. The third kappa shape index (κ3) is 5.21. The number of halogens is 1. The second-order valence-electron chi connectivity index (χ2n) is 7.02. The highest BCUT2D eigenvalue weighted by Crippen LogP contribution is 2.26. The zero-order valence-corrected chi connectivity index (χ0v) is 19.1. The van der Waals surface area contributed by atoms with Crippen molar-refractivity contribution in [3.8, 4) is 11.4 Å². The van der Waals surface area contributed by atoms with Crippen LogP contribution < -0.4 is 4.74 Å². The molecule has 0 aliphatic rings. The highest BCUT2D eigenvalue weighted by molar-refractivity contribution is 7.99. The Morgan fingerprint density at radius 3 is 2.41 bits per heavy atom. The molecule has 0 radical (unpaired) electrons. The van der Waals surface area contributed by atoms with Gasteiger partial charge in [-0.1, -0.05) is 65.8 Å². The number of aromatic nitrogens is 3. The molecule has 0 saturated heterocycles. The van der Waals surface area contributed by atoms with Gasteiger partial charge < -0.3 is 4.74 Å². The van der Waals surface area contributed by atoms with Gasteiger partial charge in [-0.3, -0.25) is 9.36 Å². The number of ether oxygens (including phenoxy) is 1. The second kappa shape index (κ2) is 10.5. The number of rotatable bonds is 9. The molecule has 0 fully saturated rings. The predicted octanol–water partition coefficient (Wildman–Crippen LogP) is 5.89. The zero-order chi connectivity index (χ0) is 22.3. The minimum atomic E-state index is -0.0496. The van der Waals surface area contributed by atoms with Crippen molar-refractivity contribution in [1.82, 2.24) is 14.8 Å². The molecule has 3 aromatic carbocycles. The fourth-order valence-electron chi connectivity index (χ4n) is 3.30. The van der Waals surface area contributed by atoms with E-state index in [1.54, 1.807) is 12.1 Å². The molecule has 0 aliphatic heterocycles. The van der Waals surface area contributed by atoms with E-state index in [1.165, 1.54) is 11.8 Å². The average molecular weight is 464 g/mol. The molecule has 4 rings (SSSR count). The molecule has 7 heteroatoms. The summed E-state index contributed by atoms with van der Waals surface area (Å²) in [5.74, 6) is 1.76. The third-order valence-electron chi connectivity index (χ3n) is 4.82. The SMILES string of the molecule is CCOc1ccc(-n2c(Cc3ccccc3)nnc2SCC(=O)c2ccccc2Cl)cc1. The smallest absolute Gasteiger partial charge is 0.196 e. The van der Waals surface area contributed by atoms with Gasteiger partial charge in [0.15, 0.2) is 10.9 Å². The lowest BCUT2D eigenvalue weighted by atomic mass is 10.1. The Labute approximate surface area is 196 Å². The lowest BCUT2D eigenvalue weighted by molar-refractivity contribution is 0.102. The first-order valence-electron chi connectivity index (χ1n) is 10.3. The number of hydrogen-bond donors (Lipinski definition) is 0. The first-order chi connectivity index (χ1) is 15.7. The second-order valence-corrected chi connectivity index (χ2v) is 8.36. The van der Waals surface area contributed by atoms with Crippen LogP contribution in [0, 0.1) is 0 Å². The van der Waals surface area contributed by atoms with E-state index in [0.717, 1.165) is 22.8 Å². The maximum Gasteiger partial charge on any atom is 0.196 e. The van der Waals surface area contributed by atoms with Crippen LogP contribution in [0.5, 0.6) is 5.75 Å². The first-order valence-corrected chi connectivity index (χ1v) is 11.6. The van der Waals surface area contributed by atoms with Crippen LogP contribution in [0.25, 0.3) is 5.69 Å². The van der Waals surface area contributed by atoms with Gasteiger partial charge in [0.1, 0.15) is 11.6 Å². The van der Waals surface area contributed by atoms with Gasteiger partial charge in [0.2, 0.25) is 0 Å². The maximum absolute atomic E-state index is 12.7. The van der Waals surface area contributed by atoms with Gasteiger partial charge in [0.05, 0.1) is 17.4 Å². The standard InChI is InChI=1S/C25H22ClN3O2S/c1-2-31-20-14-12-19(13-15-20)29-24(16-18-8-4-3-5-9-18)27-28-25(29)32-17-23(30)21-10-6-7-11-22(21)26/h3-15H,2,16-17H2,1H3. The van der Waals surface area contributed by atoms with Crippen LogP contribution in [-0.4, -0.2) is 32.9 Å². The van der Waals surface area contributed by atoms with Crippen LogP contribution in [-0.2, 0) is 6.42 Å². The summed E-state index contributed by atoms with van der Waals surface area (Å²) in [4.78, 5) is 12.7. The Morgan fingerprint density at radius 1 is 0.969 bits per heavy atom. The van der Waals surface area contributed by atoms with Gasteiger partial charge in [-0.25, -0.2) is 0 Å². The number of carbonyl (C=O) groups is 1. The number of thioether (sulfide) groups is 1. The summed E-state index contributed by atoms with van der Waals surface area (Å²) >= 11 is 7.54. The molecule has 1 heterocycles. The molecule has 0 aliphatic carbocycles. The van der Waals surface area contributed by atoms with E-state index < -0.39 is 0 Å². The zero-order valence-electron chi connectivity index (χ0n) is 17.6. The number of ketones is 1.